The average Bonchev–Trinajstić information content (AvgIpc) is 2.39. The molecule has 0 atom stereocenters. The van der Waals surface area contributed by atoms with E-state index in [4.69, 9.17) is 4.74 Å². The number of halogens is 1. The average molecular weight is 350 g/mol. The first-order chi connectivity index (χ1) is 9.94. The van der Waals surface area contributed by atoms with Crippen LogP contribution in [-0.4, -0.2) is 16.1 Å². The largest absolute Gasteiger partial charge is 0.491 e. The summed E-state index contributed by atoms with van der Waals surface area (Å²) in [4.78, 5) is 8.88. The number of nitrogens with zero attached hydrogens (tertiary/aromatic N) is 2. The number of hydrogen-bond donors (Lipinski definition) is 1. The Bertz CT molecular complexity index is 597. The fourth-order valence-corrected chi connectivity index (χ4v) is 2.19. The fraction of sp³-hybridized carbons (Fsp3) is 0.375. The maximum Gasteiger partial charge on any atom is 0.135 e. The van der Waals surface area contributed by atoms with Gasteiger partial charge in [0, 0.05) is 17.7 Å². The van der Waals surface area contributed by atoms with Crippen LogP contribution in [-0.2, 0) is 0 Å². The number of ether oxygens (including phenoxy) is 1. The molecule has 2 rings (SSSR count). The summed E-state index contributed by atoms with van der Waals surface area (Å²) in [5.41, 5.74) is 0.964. The molecule has 21 heavy (non-hydrogen) atoms. The zero-order chi connectivity index (χ0) is 15.4. The maximum absolute atomic E-state index is 5.63. The Morgan fingerprint density at radius 1 is 1.05 bits per heavy atom. The predicted octanol–water partition coefficient (Wildman–Crippen LogP) is 4.89. The summed E-state index contributed by atoms with van der Waals surface area (Å²) in [7, 11) is 0. The summed E-state index contributed by atoms with van der Waals surface area (Å²) in [6.07, 6.45) is 0.176. The number of nitrogens with one attached hydrogen (secondary N) is 1. The number of hydrogen-bond acceptors (Lipinski definition) is 4. The minimum absolute atomic E-state index is 0.176. The Hall–Kier alpha value is -1.62. The Kier molecular flexibility index (Phi) is 5.17. The molecule has 1 heterocycles. The van der Waals surface area contributed by atoms with E-state index in [0.717, 1.165) is 27.7 Å². The van der Waals surface area contributed by atoms with Crippen molar-refractivity contribution in [3.63, 3.8) is 0 Å². The van der Waals surface area contributed by atoms with Crippen molar-refractivity contribution in [3.8, 4) is 5.75 Å². The molecule has 1 aromatic heterocycles. The first kappa shape index (κ1) is 15.8. The summed E-state index contributed by atoms with van der Waals surface area (Å²) in [5.74, 6) is 2.73. The normalized spacial score (nSPS) is 11.0. The third kappa shape index (κ3) is 4.70. The third-order valence-corrected chi connectivity index (χ3v) is 3.13. The molecule has 0 radical (unpaired) electrons. The van der Waals surface area contributed by atoms with Gasteiger partial charge in [0.2, 0.25) is 0 Å². The second-order valence-corrected chi connectivity index (χ2v) is 6.22. The molecule has 0 aliphatic carbocycles. The van der Waals surface area contributed by atoms with Crippen molar-refractivity contribution in [3.05, 3.63) is 40.8 Å². The molecule has 0 bridgehead atoms. The van der Waals surface area contributed by atoms with Gasteiger partial charge in [-0.25, -0.2) is 9.97 Å². The van der Waals surface area contributed by atoms with E-state index in [1.165, 1.54) is 0 Å². The molecule has 2 aromatic rings. The minimum Gasteiger partial charge on any atom is -0.491 e. The van der Waals surface area contributed by atoms with Crippen molar-refractivity contribution >= 4 is 27.4 Å². The van der Waals surface area contributed by atoms with Crippen molar-refractivity contribution < 1.29 is 4.74 Å². The van der Waals surface area contributed by atoms with Gasteiger partial charge in [0.05, 0.1) is 6.10 Å². The van der Waals surface area contributed by atoms with Crippen LogP contribution in [0.3, 0.4) is 0 Å². The van der Waals surface area contributed by atoms with E-state index in [2.05, 4.69) is 45.1 Å². The Labute approximate surface area is 134 Å². The Morgan fingerprint density at radius 3 is 2.29 bits per heavy atom. The molecule has 0 fully saturated rings. The van der Waals surface area contributed by atoms with Crippen molar-refractivity contribution in [1.82, 2.24) is 9.97 Å². The monoisotopic (exact) mass is 349 g/mol. The summed E-state index contributed by atoms with van der Waals surface area (Å²) in [6.45, 7) is 8.17. The van der Waals surface area contributed by atoms with Crippen LogP contribution in [0.15, 0.2) is 34.9 Å². The van der Waals surface area contributed by atoms with E-state index >= 15 is 0 Å². The Balaban J connectivity index is 2.14. The maximum atomic E-state index is 5.63. The van der Waals surface area contributed by atoms with Crippen molar-refractivity contribution in [2.24, 2.45) is 0 Å². The van der Waals surface area contributed by atoms with Crippen LogP contribution in [0, 0.1) is 0 Å². The van der Waals surface area contributed by atoms with Crippen LogP contribution in [0.2, 0.25) is 0 Å². The number of aromatic nitrogens is 2. The topological polar surface area (TPSA) is 47.0 Å². The standard InChI is InChI=1S/C16H20BrN3O/c1-10(2)16-19-14(17)9-15(20-16)18-12-5-7-13(8-6-12)21-11(3)4/h5-11H,1-4H3,(H,18,19,20). The van der Waals surface area contributed by atoms with E-state index in [1.807, 2.05) is 44.2 Å². The molecule has 1 N–H and O–H groups in total. The minimum atomic E-state index is 0.176. The SMILES string of the molecule is CC(C)Oc1ccc(Nc2cc(Br)nc(C(C)C)n2)cc1. The first-order valence-electron chi connectivity index (χ1n) is 7.02. The van der Waals surface area contributed by atoms with Crippen LogP contribution in [0.1, 0.15) is 39.4 Å². The van der Waals surface area contributed by atoms with E-state index in [-0.39, 0.29) is 12.0 Å². The molecule has 5 heteroatoms. The van der Waals surface area contributed by atoms with Gasteiger partial charge >= 0.3 is 0 Å². The van der Waals surface area contributed by atoms with Crippen LogP contribution >= 0.6 is 15.9 Å². The van der Waals surface area contributed by atoms with Crippen LogP contribution in [0.4, 0.5) is 11.5 Å². The van der Waals surface area contributed by atoms with Crippen LogP contribution in [0.25, 0.3) is 0 Å². The molecule has 4 nitrogen and oxygen atoms in total. The second-order valence-electron chi connectivity index (χ2n) is 5.40. The highest BCUT2D eigenvalue weighted by molar-refractivity contribution is 9.10. The lowest BCUT2D eigenvalue weighted by atomic mass is 10.2. The molecule has 0 spiro atoms. The highest BCUT2D eigenvalue weighted by Gasteiger charge is 2.07. The predicted molar refractivity (Wildman–Crippen MR) is 89.3 cm³/mol. The Morgan fingerprint density at radius 2 is 1.71 bits per heavy atom. The summed E-state index contributed by atoms with van der Waals surface area (Å²) >= 11 is 3.42. The van der Waals surface area contributed by atoms with Crippen LogP contribution < -0.4 is 10.1 Å². The molecule has 0 saturated carbocycles. The molecule has 0 saturated heterocycles. The molecule has 0 unspecified atom stereocenters. The number of benzene rings is 1. The number of rotatable bonds is 5. The summed E-state index contributed by atoms with van der Waals surface area (Å²) in [6, 6.07) is 9.71. The number of anilines is 2. The van der Waals surface area contributed by atoms with Gasteiger partial charge in [0.1, 0.15) is 22.0 Å². The van der Waals surface area contributed by atoms with Gasteiger partial charge in [-0.3, -0.25) is 0 Å². The smallest absolute Gasteiger partial charge is 0.135 e. The van der Waals surface area contributed by atoms with Gasteiger partial charge < -0.3 is 10.1 Å². The van der Waals surface area contributed by atoms with Crippen molar-refractivity contribution in [2.45, 2.75) is 39.7 Å². The summed E-state index contributed by atoms with van der Waals surface area (Å²) < 4.78 is 6.41. The van der Waals surface area contributed by atoms with Gasteiger partial charge in [-0.2, -0.15) is 0 Å². The highest BCUT2D eigenvalue weighted by atomic mass is 79.9. The van der Waals surface area contributed by atoms with Crippen LogP contribution in [0.5, 0.6) is 5.75 Å². The lowest BCUT2D eigenvalue weighted by Gasteiger charge is -2.12. The first-order valence-corrected chi connectivity index (χ1v) is 7.81. The molecule has 1 aromatic carbocycles. The summed E-state index contributed by atoms with van der Waals surface area (Å²) in [5, 5.41) is 3.28. The zero-order valence-electron chi connectivity index (χ0n) is 12.7. The van der Waals surface area contributed by atoms with Crippen molar-refractivity contribution in [2.75, 3.05) is 5.32 Å². The molecule has 0 aliphatic rings. The van der Waals surface area contributed by atoms with Gasteiger partial charge in [-0.1, -0.05) is 13.8 Å². The van der Waals surface area contributed by atoms with Gasteiger partial charge in [0.15, 0.2) is 0 Å². The third-order valence-electron chi connectivity index (χ3n) is 2.73. The highest BCUT2D eigenvalue weighted by Crippen LogP contribution is 2.22. The molecule has 0 amide bonds. The second kappa shape index (κ2) is 6.89. The lowest BCUT2D eigenvalue weighted by Crippen LogP contribution is -2.05. The van der Waals surface area contributed by atoms with E-state index in [1.54, 1.807) is 0 Å². The molecular formula is C16H20BrN3O. The molecular weight excluding hydrogens is 330 g/mol. The van der Waals surface area contributed by atoms with Gasteiger partial charge in [-0.15, -0.1) is 0 Å². The quantitative estimate of drug-likeness (QED) is 0.780. The van der Waals surface area contributed by atoms with Gasteiger partial charge in [-0.05, 0) is 54.0 Å². The van der Waals surface area contributed by atoms with E-state index in [0.29, 0.717) is 0 Å². The molecule has 112 valence electrons. The molecule has 0 aliphatic heterocycles. The van der Waals surface area contributed by atoms with E-state index < -0.39 is 0 Å². The van der Waals surface area contributed by atoms with E-state index in [9.17, 15) is 0 Å². The zero-order valence-corrected chi connectivity index (χ0v) is 14.3. The van der Waals surface area contributed by atoms with Gasteiger partial charge in [0.25, 0.3) is 0 Å². The fourth-order valence-electron chi connectivity index (χ4n) is 1.79. The van der Waals surface area contributed by atoms with Crippen molar-refractivity contribution in [1.29, 1.82) is 0 Å². The lowest BCUT2D eigenvalue weighted by molar-refractivity contribution is 0.242.